The van der Waals surface area contributed by atoms with Crippen molar-refractivity contribution in [3.05, 3.63) is 12.7 Å². The summed E-state index contributed by atoms with van der Waals surface area (Å²) in [5.41, 5.74) is -0.775. The lowest BCUT2D eigenvalue weighted by molar-refractivity contribution is -0.125. The Hall–Kier alpha value is -2.51. The fourth-order valence-corrected chi connectivity index (χ4v) is 1.83. The van der Waals surface area contributed by atoms with Gasteiger partial charge in [-0.05, 0) is 20.8 Å². The lowest BCUT2D eigenvalue weighted by atomic mass is 9.95. The number of imidazole rings is 1. The van der Waals surface area contributed by atoms with Crippen LogP contribution in [-0.2, 0) is 9.53 Å². The van der Waals surface area contributed by atoms with Crippen molar-refractivity contribution in [1.82, 2.24) is 19.9 Å². The van der Waals surface area contributed by atoms with Gasteiger partial charge in [0.15, 0.2) is 11.5 Å². The molecule has 0 saturated heterocycles. The second kappa shape index (κ2) is 5.60. The second-order valence-electron chi connectivity index (χ2n) is 7.17. The van der Waals surface area contributed by atoms with Crippen molar-refractivity contribution < 1.29 is 14.3 Å². The predicted octanol–water partition coefficient (Wildman–Crippen LogP) is 2.67. The van der Waals surface area contributed by atoms with Gasteiger partial charge in [-0.15, -0.1) is 0 Å². The molecule has 2 aromatic rings. The summed E-state index contributed by atoms with van der Waals surface area (Å²) in [6.07, 6.45) is 1.90. The molecule has 2 rings (SSSR count). The van der Waals surface area contributed by atoms with Crippen LogP contribution < -0.4 is 4.90 Å². The van der Waals surface area contributed by atoms with E-state index in [-0.39, 0.29) is 5.82 Å². The molecule has 0 radical (unpaired) electrons. The van der Waals surface area contributed by atoms with Gasteiger partial charge in [0.05, 0.1) is 6.33 Å². The molecular weight excluding hydrogens is 298 g/mol. The summed E-state index contributed by atoms with van der Waals surface area (Å²) >= 11 is 0. The molecule has 0 aliphatic rings. The first-order valence-electron chi connectivity index (χ1n) is 7.22. The molecule has 0 atom stereocenters. The monoisotopic (exact) mass is 319 g/mol. The van der Waals surface area contributed by atoms with Crippen LogP contribution in [0.15, 0.2) is 12.7 Å². The van der Waals surface area contributed by atoms with Gasteiger partial charge in [0.25, 0.3) is 0 Å². The zero-order valence-corrected chi connectivity index (χ0v) is 14.2. The SMILES string of the molecule is CC(C)(C)OC(=O)N(C(=O)C(C)(C)C)c1ncnc2nc[nH]c12. The number of H-pyrrole nitrogens is 1. The first-order chi connectivity index (χ1) is 10.5. The van der Waals surface area contributed by atoms with E-state index in [0.717, 1.165) is 4.90 Å². The molecule has 0 fully saturated rings. The van der Waals surface area contributed by atoms with Crippen molar-refractivity contribution in [3.8, 4) is 0 Å². The van der Waals surface area contributed by atoms with Gasteiger partial charge in [-0.25, -0.2) is 19.7 Å². The highest BCUT2D eigenvalue weighted by atomic mass is 16.6. The molecule has 2 heterocycles. The third-order valence-corrected chi connectivity index (χ3v) is 2.84. The third kappa shape index (κ3) is 3.64. The van der Waals surface area contributed by atoms with Crippen molar-refractivity contribution in [3.63, 3.8) is 0 Å². The number of nitrogens with zero attached hydrogens (tertiary/aromatic N) is 4. The van der Waals surface area contributed by atoms with Crippen LogP contribution in [0.3, 0.4) is 0 Å². The Morgan fingerprint density at radius 3 is 2.30 bits per heavy atom. The Kier molecular flexibility index (Phi) is 4.10. The summed E-state index contributed by atoms with van der Waals surface area (Å²) in [4.78, 5) is 41.3. The second-order valence-corrected chi connectivity index (χ2v) is 7.17. The number of imide groups is 1. The number of fused-ring (bicyclic) bond motifs is 1. The van der Waals surface area contributed by atoms with Gasteiger partial charge >= 0.3 is 6.09 Å². The number of rotatable bonds is 1. The van der Waals surface area contributed by atoms with Crippen LogP contribution in [0.4, 0.5) is 10.6 Å². The molecule has 0 saturated carbocycles. The summed E-state index contributed by atoms with van der Waals surface area (Å²) in [6, 6.07) is 0. The van der Waals surface area contributed by atoms with Gasteiger partial charge in [0.2, 0.25) is 5.91 Å². The van der Waals surface area contributed by atoms with E-state index in [1.807, 2.05) is 0 Å². The van der Waals surface area contributed by atoms with Crippen LogP contribution in [-0.4, -0.2) is 37.5 Å². The number of anilines is 1. The first kappa shape index (κ1) is 16.9. The minimum Gasteiger partial charge on any atom is -0.443 e. The van der Waals surface area contributed by atoms with Gasteiger partial charge in [-0.3, -0.25) is 4.79 Å². The molecule has 8 nitrogen and oxygen atoms in total. The van der Waals surface area contributed by atoms with Crippen molar-refractivity contribution in [2.24, 2.45) is 5.41 Å². The molecule has 0 aliphatic heterocycles. The Labute approximate surface area is 134 Å². The lowest BCUT2D eigenvalue weighted by Crippen LogP contribution is -2.46. The van der Waals surface area contributed by atoms with Crippen molar-refractivity contribution in [2.75, 3.05) is 4.90 Å². The maximum atomic E-state index is 12.8. The van der Waals surface area contributed by atoms with Crippen LogP contribution in [0.1, 0.15) is 41.5 Å². The number of carbonyl (C=O) groups excluding carboxylic acids is 2. The number of amides is 2. The molecule has 2 aromatic heterocycles. The molecule has 0 spiro atoms. The molecular formula is C15H21N5O3. The smallest absolute Gasteiger partial charge is 0.423 e. The number of hydrogen-bond acceptors (Lipinski definition) is 6. The van der Waals surface area contributed by atoms with Gasteiger partial charge in [0, 0.05) is 5.41 Å². The topological polar surface area (TPSA) is 101 Å². The summed E-state index contributed by atoms with van der Waals surface area (Å²) in [7, 11) is 0. The predicted molar refractivity (Wildman–Crippen MR) is 84.9 cm³/mol. The molecule has 124 valence electrons. The number of carbonyl (C=O) groups is 2. The van der Waals surface area contributed by atoms with Crippen LogP contribution in [0.2, 0.25) is 0 Å². The Morgan fingerprint density at radius 2 is 1.74 bits per heavy atom. The van der Waals surface area contributed by atoms with E-state index in [4.69, 9.17) is 4.74 Å². The standard InChI is InChI=1S/C15H21N5O3/c1-14(2,3)12(21)20(13(22)23-15(4,5)6)11-9-10(17-7-16-9)18-8-19-11/h7-8H,1-6H3,(H,16,17,18,19). The molecule has 0 aliphatic carbocycles. The Balaban J connectivity index is 2.56. The summed E-state index contributed by atoms with van der Waals surface area (Å²) in [5, 5.41) is 0. The van der Waals surface area contributed by atoms with Crippen molar-refractivity contribution >= 4 is 29.0 Å². The van der Waals surface area contributed by atoms with Crippen LogP contribution in [0.25, 0.3) is 11.2 Å². The zero-order chi connectivity index (χ0) is 17.4. The average Bonchev–Trinajstić information content (AvgIpc) is 2.84. The molecule has 0 unspecified atom stereocenters. The lowest BCUT2D eigenvalue weighted by Gasteiger charge is -2.29. The van der Waals surface area contributed by atoms with Gasteiger partial charge < -0.3 is 9.72 Å². The number of aromatic amines is 1. The zero-order valence-electron chi connectivity index (χ0n) is 14.2. The first-order valence-corrected chi connectivity index (χ1v) is 7.22. The van der Waals surface area contributed by atoms with E-state index in [1.54, 1.807) is 41.5 Å². The number of aromatic nitrogens is 4. The molecule has 0 aromatic carbocycles. The fraction of sp³-hybridized carbons (Fsp3) is 0.533. The normalized spacial score (nSPS) is 12.3. The number of nitrogens with one attached hydrogen (secondary N) is 1. The molecule has 0 bridgehead atoms. The quantitative estimate of drug-likeness (QED) is 0.867. The largest absolute Gasteiger partial charge is 0.443 e. The molecule has 23 heavy (non-hydrogen) atoms. The highest BCUT2D eigenvalue weighted by molar-refractivity contribution is 6.16. The van der Waals surface area contributed by atoms with E-state index >= 15 is 0 Å². The number of hydrogen-bond donors (Lipinski definition) is 1. The maximum Gasteiger partial charge on any atom is 0.423 e. The van der Waals surface area contributed by atoms with E-state index in [2.05, 4.69) is 19.9 Å². The molecule has 2 amide bonds. The van der Waals surface area contributed by atoms with Crippen LogP contribution in [0.5, 0.6) is 0 Å². The number of ether oxygens (including phenoxy) is 1. The molecule has 8 heteroatoms. The van der Waals surface area contributed by atoms with Crippen molar-refractivity contribution in [1.29, 1.82) is 0 Å². The summed E-state index contributed by atoms with van der Waals surface area (Å²) in [6.45, 7) is 10.4. The minimum atomic E-state index is -0.797. The Morgan fingerprint density at radius 1 is 1.09 bits per heavy atom. The average molecular weight is 319 g/mol. The summed E-state index contributed by atoms with van der Waals surface area (Å²) < 4.78 is 5.37. The van der Waals surface area contributed by atoms with Crippen LogP contribution in [0, 0.1) is 5.41 Å². The van der Waals surface area contributed by atoms with E-state index in [0.29, 0.717) is 11.2 Å². The van der Waals surface area contributed by atoms with Gasteiger partial charge in [-0.2, -0.15) is 4.90 Å². The fourth-order valence-electron chi connectivity index (χ4n) is 1.83. The summed E-state index contributed by atoms with van der Waals surface area (Å²) in [5.74, 6) is -0.303. The maximum absolute atomic E-state index is 12.8. The minimum absolute atomic E-state index is 0.127. The highest BCUT2D eigenvalue weighted by Gasteiger charge is 2.37. The highest BCUT2D eigenvalue weighted by Crippen LogP contribution is 2.27. The van der Waals surface area contributed by atoms with E-state index in [9.17, 15) is 9.59 Å². The van der Waals surface area contributed by atoms with Crippen LogP contribution >= 0.6 is 0 Å². The van der Waals surface area contributed by atoms with Gasteiger partial charge in [-0.1, -0.05) is 20.8 Å². The Bertz CT molecular complexity index is 739. The van der Waals surface area contributed by atoms with Crippen molar-refractivity contribution in [2.45, 2.75) is 47.1 Å². The third-order valence-electron chi connectivity index (χ3n) is 2.84. The van der Waals surface area contributed by atoms with Gasteiger partial charge in [0.1, 0.15) is 17.4 Å². The molecule has 1 N–H and O–H groups in total. The van der Waals surface area contributed by atoms with E-state index < -0.39 is 23.0 Å². The van der Waals surface area contributed by atoms with E-state index in [1.165, 1.54) is 12.7 Å².